The molecule has 19 heavy (non-hydrogen) atoms. The maximum Gasteiger partial charge on any atom is 0.269 e. The van der Waals surface area contributed by atoms with Crippen molar-refractivity contribution in [3.05, 3.63) is 34.8 Å². The number of rotatable bonds is 4. The van der Waals surface area contributed by atoms with Gasteiger partial charge in [0.2, 0.25) is 0 Å². The molecule has 2 aromatic rings. The summed E-state index contributed by atoms with van der Waals surface area (Å²) in [5.74, 6) is 0.703. The number of hydrogen-bond acceptors (Lipinski definition) is 5. The van der Waals surface area contributed by atoms with E-state index in [4.69, 9.17) is 0 Å². The molecule has 0 spiro atoms. The van der Waals surface area contributed by atoms with Crippen molar-refractivity contribution in [3.63, 3.8) is 0 Å². The van der Waals surface area contributed by atoms with Gasteiger partial charge in [-0.25, -0.2) is 9.67 Å². The van der Waals surface area contributed by atoms with Crippen molar-refractivity contribution in [3.8, 4) is 0 Å². The molecule has 0 aliphatic heterocycles. The highest BCUT2D eigenvalue weighted by Gasteiger charge is 2.17. The van der Waals surface area contributed by atoms with Gasteiger partial charge in [0.1, 0.15) is 18.7 Å². The Kier molecular flexibility index (Phi) is 3.02. The Morgan fingerprint density at radius 2 is 2.26 bits per heavy atom. The lowest BCUT2D eigenvalue weighted by molar-refractivity contribution is 0.445. The van der Waals surface area contributed by atoms with Crippen molar-refractivity contribution in [2.24, 2.45) is 7.05 Å². The minimum atomic E-state index is -0.132. The summed E-state index contributed by atoms with van der Waals surface area (Å²) in [6.45, 7) is 0.332. The molecular formula is C12H16N6O. The van der Waals surface area contributed by atoms with E-state index >= 15 is 0 Å². The van der Waals surface area contributed by atoms with Gasteiger partial charge >= 0.3 is 0 Å². The number of nitrogens with zero attached hydrogens (tertiary/aromatic N) is 5. The first kappa shape index (κ1) is 11.9. The molecular weight excluding hydrogens is 244 g/mol. The zero-order valence-corrected chi connectivity index (χ0v) is 10.8. The van der Waals surface area contributed by atoms with Crippen LogP contribution in [0.4, 0.5) is 5.69 Å². The van der Waals surface area contributed by atoms with Crippen LogP contribution in [0.15, 0.2) is 23.4 Å². The van der Waals surface area contributed by atoms with Gasteiger partial charge in [0.25, 0.3) is 5.56 Å². The van der Waals surface area contributed by atoms with Crippen LogP contribution in [-0.4, -0.2) is 30.6 Å². The molecule has 1 aliphatic carbocycles. The molecule has 1 aliphatic rings. The van der Waals surface area contributed by atoms with Gasteiger partial charge in [-0.3, -0.25) is 9.48 Å². The zero-order valence-electron chi connectivity index (χ0n) is 10.8. The predicted molar refractivity (Wildman–Crippen MR) is 69.9 cm³/mol. The summed E-state index contributed by atoms with van der Waals surface area (Å²) in [5.41, 5.74) is 0.663. The van der Waals surface area contributed by atoms with Crippen LogP contribution in [0.2, 0.25) is 0 Å². The minimum Gasteiger partial charge on any atom is -0.381 e. The Morgan fingerprint density at radius 1 is 1.42 bits per heavy atom. The van der Waals surface area contributed by atoms with Crippen LogP contribution in [0.1, 0.15) is 25.1 Å². The Balaban J connectivity index is 1.76. The summed E-state index contributed by atoms with van der Waals surface area (Å²) >= 11 is 0. The predicted octanol–water partition coefficient (Wildman–Crippen LogP) is 0.384. The maximum absolute atomic E-state index is 12.0. The smallest absolute Gasteiger partial charge is 0.269 e. The lowest BCUT2D eigenvalue weighted by Gasteiger charge is -2.27. The fourth-order valence-electron chi connectivity index (χ4n) is 2.02. The molecule has 0 saturated heterocycles. The molecule has 2 heterocycles. The topological polar surface area (TPSA) is 77.6 Å². The second-order valence-electron chi connectivity index (χ2n) is 4.81. The van der Waals surface area contributed by atoms with E-state index in [1.54, 1.807) is 24.0 Å². The number of hydrogen-bond donors (Lipinski definition) is 1. The van der Waals surface area contributed by atoms with Crippen molar-refractivity contribution < 1.29 is 0 Å². The number of aryl methyl sites for hydroxylation is 1. The van der Waals surface area contributed by atoms with E-state index in [-0.39, 0.29) is 5.56 Å². The van der Waals surface area contributed by atoms with Crippen LogP contribution in [-0.2, 0) is 13.6 Å². The molecule has 7 heteroatoms. The number of nitrogens with one attached hydrogen (secondary N) is 1. The van der Waals surface area contributed by atoms with Gasteiger partial charge < -0.3 is 5.32 Å². The Bertz CT molecular complexity index is 627. The number of aromatic nitrogens is 5. The summed E-state index contributed by atoms with van der Waals surface area (Å²) in [7, 11) is 1.79. The van der Waals surface area contributed by atoms with Crippen LogP contribution < -0.4 is 10.9 Å². The summed E-state index contributed by atoms with van der Waals surface area (Å²) in [6.07, 6.45) is 6.75. The van der Waals surface area contributed by atoms with E-state index in [2.05, 4.69) is 20.5 Å². The van der Waals surface area contributed by atoms with Crippen LogP contribution in [0.5, 0.6) is 0 Å². The fourth-order valence-corrected chi connectivity index (χ4v) is 2.02. The average Bonchev–Trinajstić information content (AvgIpc) is 2.73. The molecule has 0 amide bonds. The standard InChI is InChI=1S/C12H16N6O/c1-17-11(13-8-15-17)7-18-12(19)5-10(6-14-18)16-9-3-2-4-9/h5-6,8-9,16H,2-4,7H2,1H3. The Hall–Kier alpha value is -2.18. The quantitative estimate of drug-likeness (QED) is 0.860. The molecule has 0 aromatic carbocycles. The van der Waals surface area contributed by atoms with Crippen LogP contribution >= 0.6 is 0 Å². The SMILES string of the molecule is Cn1ncnc1Cn1ncc(NC2CCC2)cc1=O. The fraction of sp³-hybridized carbons (Fsp3) is 0.500. The third-order valence-corrected chi connectivity index (χ3v) is 3.44. The second-order valence-corrected chi connectivity index (χ2v) is 4.81. The molecule has 0 bridgehead atoms. The normalized spacial score (nSPS) is 15.2. The largest absolute Gasteiger partial charge is 0.381 e. The van der Waals surface area contributed by atoms with Crippen molar-refractivity contribution in [2.45, 2.75) is 31.8 Å². The molecule has 7 nitrogen and oxygen atoms in total. The van der Waals surface area contributed by atoms with E-state index in [1.807, 2.05) is 0 Å². The molecule has 2 aromatic heterocycles. The molecule has 0 radical (unpaired) electrons. The zero-order chi connectivity index (χ0) is 13.2. The van der Waals surface area contributed by atoms with Gasteiger partial charge in [-0.1, -0.05) is 0 Å². The van der Waals surface area contributed by atoms with Crippen molar-refractivity contribution in [1.29, 1.82) is 0 Å². The highest BCUT2D eigenvalue weighted by molar-refractivity contribution is 5.40. The van der Waals surface area contributed by atoms with Gasteiger partial charge in [-0.15, -0.1) is 0 Å². The van der Waals surface area contributed by atoms with Crippen molar-refractivity contribution in [1.82, 2.24) is 24.5 Å². The van der Waals surface area contributed by atoms with Gasteiger partial charge in [0.15, 0.2) is 0 Å². The molecule has 0 unspecified atom stereocenters. The monoisotopic (exact) mass is 260 g/mol. The molecule has 1 fully saturated rings. The lowest BCUT2D eigenvalue weighted by Crippen LogP contribution is -2.29. The maximum atomic E-state index is 12.0. The minimum absolute atomic E-state index is 0.132. The van der Waals surface area contributed by atoms with Gasteiger partial charge in [0.05, 0.1) is 11.9 Å². The first-order valence-corrected chi connectivity index (χ1v) is 6.39. The third kappa shape index (κ3) is 2.49. The Morgan fingerprint density at radius 3 is 2.84 bits per heavy atom. The van der Waals surface area contributed by atoms with Gasteiger partial charge in [-0.2, -0.15) is 10.2 Å². The molecule has 100 valence electrons. The summed E-state index contributed by atoms with van der Waals surface area (Å²) in [4.78, 5) is 16.1. The van der Waals surface area contributed by atoms with E-state index in [0.29, 0.717) is 18.4 Å². The van der Waals surface area contributed by atoms with Gasteiger partial charge in [-0.05, 0) is 19.3 Å². The summed E-state index contributed by atoms with van der Waals surface area (Å²) < 4.78 is 3.02. The van der Waals surface area contributed by atoms with E-state index in [9.17, 15) is 4.79 Å². The first-order chi connectivity index (χ1) is 9.22. The second kappa shape index (κ2) is 4.83. The molecule has 1 saturated carbocycles. The molecule has 0 atom stereocenters. The highest BCUT2D eigenvalue weighted by atomic mass is 16.1. The van der Waals surface area contributed by atoms with Crippen LogP contribution in [0.3, 0.4) is 0 Å². The van der Waals surface area contributed by atoms with Crippen molar-refractivity contribution in [2.75, 3.05) is 5.32 Å². The summed E-state index contributed by atoms with van der Waals surface area (Å²) in [6, 6.07) is 2.08. The van der Waals surface area contributed by atoms with Crippen molar-refractivity contribution >= 4 is 5.69 Å². The van der Waals surface area contributed by atoms with Crippen LogP contribution in [0.25, 0.3) is 0 Å². The van der Waals surface area contributed by atoms with Crippen LogP contribution in [0, 0.1) is 0 Å². The number of anilines is 1. The first-order valence-electron chi connectivity index (χ1n) is 6.39. The van der Waals surface area contributed by atoms with Gasteiger partial charge in [0, 0.05) is 19.2 Å². The summed E-state index contributed by atoms with van der Waals surface area (Å²) in [5, 5.41) is 11.4. The highest BCUT2D eigenvalue weighted by Crippen LogP contribution is 2.21. The lowest BCUT2D eigenvalue weighted by atomic mass is 9.93. The van der Waals surface area contributed by atoms with E-state index in [1.165, 1.54) is 30.3 Å². The molecule has 3 rings (SSSR count). The Labute approximate surface area is 110 Å². The van der Waals surface area contributed by atoms with E-state index < -0.39 is 0 Å². The van der Waals surface area contributed by atoms with E-state index in [0.717, 1.165) is 5.69 Å². The third-order valence-electron chi connectivity index (χ3n) is 3.44. The molecule has 1 N–H and O–H groups in total. The average molecular weight is 260 g/mol.